The van der Waals surface area contributed by atoms with E-state index in [9.17, 15) is 4.79 Å². The second kappa shape index (κ2) is 9.56. The zero-order valence-electron chi connectivity index (χ0n) is 20.0. The maximum atomic E-state index is 15.3. The summed E-state index contributed by atoms with van der Waals surface area (Å²) in [6.07, 6.45) is 1.74. The van der Waals surface area contributed by atoms with Gasteiger partial charge in [0.1, 0.15) is 0 Å². The molecule has 1 unspecified atom stereocenters. The van der Waals surface area contributed by atoms with Gasteiger partial charge in [0.25, 0.3) is 0 Å². The first kappa shape index (κ1) is 24.3. The third-order valence-corrected chi connectivity index (χ3v) is 6.83. The molecule has 2 aromatic carbocycles. The van der Waals surface area contributed by atoms with Crippen molar-refractivity contribution < 1.29 is 9.18 Å². The van der Waals surface area contributed by atoms with E-state index in [0.717, 1.165) is 28.1 Å². The summed E-state index contributed by atoms with van der Waals surface area (Å²) in [5.41, 5.74) is 4.31. The molecule has 36 heavy (non-hydrogen) atoms. The van der Waals surface area contributed by atoms with Gasteiger partial charge in [-0.05, 0) is 60.4 Å². The first-order valence-electron chi connectivity index (χ1n) is 11.6. The van der Waals surface area contributed by atoms with E-state index >= 15 is 4.39 Å². The number of hydrogen-bond donors (Lipinski definition) is 1. The lowest BCUT2D eigenvalue weighted by Crippen LogP contribution is -2.44. The van der Waals surface area contributed by atoms with Crippen LogP contribution in [0.15, 0.2) is 60.8 Å². The highest BCUT2D eigenvalue weighted by molar-refractivity contribution is 6.31. The number of aromatic nitrogens is 3. The van der Waals surface area contributed by atoms with Crippen molar-refractivity contribution in [1.82, 2.24) is 14.8 Å². The van der Waals surface area contributed by atoms with Crippen LogP contribution in [0.2, 0.25) is 10.0 Å². The molecule has 0 saturated carbocycles. The van der Waals surface area contributed by atoms with Gasteiger partial charge in [-0.2, -0.15) is 5.10 Å². The van der Waals surface area contributed by atoms with Gasteiger partial charge in [-0.15, -0.1) is 0 Å². The van der Waals surface area contributed by atoms with Crippen molar-refractivity contribution in [3.63, 3.8) is 0 Å². The molecule has 9 heteroatoms. The number of carbonyl (C=O) groups is 1. The van der Waals surface area contributed by atoms with E-state index in [4.69, 9.17) is 28.3 Å². The minimum Gasteiger partial charge on any atom is -0.290 e. The number of pyridine rings is 1. The Morgan fingerprint density at radius 2 is 1.92 bits per heavy atom. The summed E-state index contributed by atoms with van der Waals surface area (Å²) in [5.74, 6) is -0.180. The molecular formula is C27H24Cl2FN5O. The van der Waals surface area contributed by atoms with Gasteiger partial charge in [-0.3, -0.25) is 19.9 Å². The molecule has 1 atom stereocenters. The van der Waals surface area contributed by atoms with Crippen LogP contribution in [0, 0.1) is 12.7 Å². The Kier molecular flexibility index (Phi) is 6.45. The number of benzene rings is 2. The largest absolute Gasteiger partial charge is 0.328 e. The summed E-state index contributed by atoms with van der Waals surface area (Å²) in [6.45, 7) is 6.49. The lowest BCUT2D eigenvalue weighted by molar-refractivity contribution is 0.254. The van der Waals surface area contributed by atoms with E-state index < -0.39 is 17.9 Å². The molecule has 184 valence electrons. The zero-order valence-corrected chi connectivity index (χ0v) is 21.5. The molecule has 0 spiro atoms. The van der Waals surface area contributed by atoms with Crippen LogP contribution < -0.4 is 10.2 Å². The molecule has 1 aliphatic heterocycles. The van der Waals surface area contributed by atoms with Crippen molar-refractivity contribution in [1.29, 1.82) is 0 Å². The Labute approximate surface area is 218 Å². The number of carbonyl (C=O) groups excluding carboxylic acids is 1. The van der Waals surface area contributed by atoms with Crippen LogP contribution in [0.1, 0.15) is 53.9 Å². The predicted molar refractivity (Wildman–Crippen MR) is 141 cm³/mol. The standard InChI is InChI=1S/C27H24Cl2FN5O/c1-15(2)24-22-25(19-11-10-17(28)13-16(19)3)35(21-9-6-8-20(29)23(21)30)27(36)32-26(22)33-34(24)14-18-7-4-5-12-31-18/h4-13,15,25H,14H2,1-3H3,(H,32,33,36). The monoisotopic (exact) mass is 523 g/mol. The molecule has 2 amide bonds. The van der Waals surface area contributed by atoms with Crippen molar-refractivity contribution in [3.8, 4) is 0 Å². The topological polar surface area (TPSA) is 63.1 Å². The quantitative estimate of drug-likeness (QED) is 0.297. The van der Waals surface area contributed by atoms with E-state index in [0.29, 0.717) is 17.4 Å². The minimum atomic E-state index is -0.665. The number of anilines is 2. The molecule has 1 aliphatic rings. The third kappa shape index (κ3) is 4.22. The maximum Gasteiger partial charge on any atom is 0.328 e. The SMILES string of the molecule is Cc1cc(Cl)ccc1C1c2c(nn(Cc3ccccn3)c2C(C)C)NC(=O)N1c1cccc(Cl)c1F. The molecule has 5 rings (SSSR count). The Hall–Kier alpha value is -3.42. The first-order chi connectivity index (χ1) is 17.3. The molecule has 1 N–H and O–H groups in total. The number of rotatable bonds is 5. The van der Waals surface area contributed by atoms with Gasteiger partial charge in [0, 0.05) is 22.5 Å². The number of amides is 2. The average Bonchev–Trinajstić information content (AvgIpc) is 3.19. The van der Waals surface area contributed by atoms with Gasteiger partial charge in [-0.25, -0.2) is 9.18 Å². The van der Waals surface area contributed by atoms with Crippen molar-refractivity contribution in [2.75, 3.05) is 10.2 Å². The molecule has 0 aliphatic carbocycles. The van der Waals surface area contributed by atoms with E-state index in [-0.39, 0.29) is 16.6 Å². The molecule has 0 saturated heterocycles. The van der Waals surface area contributed by atoms with Crippen molar-refractivity contribution in [2.45, 2.75) is 39.3 Å². The van der Waals surface area contributed by atoms with Gasteiger partial charge in [0.05, 0.1) is 29.0 Å². The number of nitrogens with one attached hydrogen (secondary N) is 1. The van der Waals surface area contributed by atoms with Crippen LogP contribution in [0.3, 0.4) is 0 Å². The summed E-state index contributed by atoms with van der Waals surface area (Å²) in [7, 11) is 0. The predicted octanol–water partition coefficient (Wildman–Crippen LogP) is 7.35. The molecule has 3 heterocycles. The molecule has 6 nitrogen and oxygen atoms in total. The average molecular weight is 524 g/mol. The van der Waals surface area contributed by atoms with Crippen LogP contribution in [0.5, 0.6) is 0 Å². The minimum absolute atomic E-state index is 0.0427. The number of fused-ring (bicyclic) bond motifs is 1. The Morgan fingerprint density at radius 3 is 2.61 bits per heavy atom. The second-order valence-corrected chi connectivity index (χ2v) is 9.90. The fraction of sp³-hybridized carbons (Fsp3) is 0.222. The lowest BCUT2D eigenvalue weighted by Gasteiger charge is -2.37. The summed E-state index contributed by atoms with van der Waals surface area (Å²) in [4.78, 5) is 19.4. The Bertz CT molecular complexity index is 1450. The molecule has 0 radical (unpaired) electrons. The Balaban J connectivity index is 1.77. The van der Waals surface area contributed by atoms with E-state index in [1.165, 1.54) is 11.0 Å². The highest BCUT2D eigenvalue weighted by Crippen LogP contribution is 2.46. The van der Waals surface area contributed by atoms with Crippen molar-refractivity contribution >= 4 is 40.7 Å². The van der Waals surface area contributed by atoms with Gasteiger partial charge in [0.15, 0.2) is 11.6 Å². The fourth-order valence-corrected chi connectivity index (χ4v) is 5.20. The maximum absolute atomic E-state index is 15.3. The molecule has 4 aromatic rings. The van der Waals surface area contributed by atoms with E-state index in [2.05, 4.69) is 24.1 Å². The van der Waals surface area contributed by atoms with Gasteiger partial charge in [0.2, 0.25) is 0 Å². The number of hydrogen-bond acceptors (Lipinski definition) is 3. The van der Waals surface area contributed by atoms with Crippen LogP contribution >= 0.6 is 23.2 Å². The van der Waals surface area contributed by atoms with E-state index in [1.54, 1.807) is 24.4 Å². The summed E-state index contributed by atoms with van der Waals surface area (Å²) in [5, 5.41) is 8.18. The number of nitrogens with zero attached hydrogens (tertiary/aromatic N) is 4. The molecule has 0 bridgehead atoms. The number of urea groups is 1. The highest BCUT2D eigenvalue weighted by atomic mass is 35.5. The van der Waals surface area contributed by atoms with Crippen molar-refractivity contribution in [2.24, 2.45) is 0 Å². The summed E-state index contributed by atoms with van der Waals surface area (Å²) >= 11 is 12.4. The number of aryl methyl sites for hydroxylation is 1. The van der Waals surface area contributed by atoms with Crippen LogP contribution in [0.25, 0.3) is 0 Å². The first-order valence-corrected chi connectivity index (χ1v) is 12.3. The Morgan fingerprint density at radius 1 is 1.11 bits per heavy atom. The number of halogens is 3. The molecule has 2 aromatic heterocycles. The normalized spacial score (nSPS) is 15.2. The van der Waals surface area contributed by atoms with Crippen LogP contribution in [0.4, 0.5) is 20.7 Å². The third-order valence-electron chi connectivity index (χ3n) is 6.31. The van der Waals surface area contributed by atoms with Crippen LogP contribution in [-0.2, 0) is 6.54 Å². The highest BCUT2D eigenvalue weighted by Gasteiger charge is 2.41. The molecular weight excluding hydrogens is 500 g/mol. The smallest absolute Gasteiger partial charge is 0.290 e. The second-order valence-electron chi connectivity index (χ2n) is 9.06. The van der Waals surface area contributed by atoms with Crippen LogP contribution in [-0.4, -0.2) is 20.8 Å². The van der Waals surface area contributed by atoms with Crippen molar-refractivity contribution in [3.05, 3.63) is 105 Å². The summed E-state index contributed by atoms with van der Waals surface area (Å²) < 4.78 is 17.2. The van der Waals surface area contributed by atoms with Gasteiger partial charge >= 0.3 is 6.03 Å². The zero-order chi connectivity index (χ0) is 25.6. The lowest BCUT2D eigenvalue weighted by atomic mass is 9.89. The molecule has 0 fully saturated rings. The summed E-state index contributed by atoms with van der Waals surface area (Å²) in [6, 6.07) is 14.7. The fourth-order valence-electron chi connectivity index (χ4n) is 4.80. The van der Waals surface area contributed by atoms with Gasteiger partial charge in [-0.1, -0.05) is 55.2 Å². The van der Waals surface area contributed by atoms with Gasteiger partial charge < -0.3 is 0 Å². The van der Waals surface area contributed by atoms with E-state index in [1.807, 2.05) is 41.9 Å².